The molecule has 5 rings (SSSR count). The van der Waals surface area contributed by atoms with Crippen molar-refractivity contribution in [1.82, 2.24) is 0 Å². The number of hydrogen-bond donors (Lipinski definition) is 3. The van der Waals surface area contributed by atoms with Gasteiger partial charge in [0, 0.05) is 22.6 Å². The number of benzene rings is 3. The summed E-state index contributed by atoms with van der Waals surface area (Å²) in [5.41, 5.74) is -1.95. The fourth-order valence-electron chi connectivity index (χ4n) is 6.13. The lowest BCUT2D eigenvalue weighted by molar-refractivity contribution is -0.141. The maximum absolute atomic E-state index is 14.1. The highest BCUT2D eigenvalue weighted by atomic mass is 16.5. The normalized spacial score (nSPS) is 24.5. The van der Waals surface area contributed by atoms with Gasteiger partial charge in [0.2, 0.25) is 5.75 Å². The molecule has 0 heterocycles. The van der Waals surface area contributed by atoms with Crippen LogP contribution in [0.25, 0.3) is 10.8 Å². The van der Waals surface area contributed by atoms with Gasteiger partial charge < -0.3 is 29.5 Å². The van der Waals surface area contributed by atoms with Crippen molar-refractivity contribution in [3.05, 3.63) is 53.1 Å². The van der Waals surface area contributed by atoms with Gasteiger partial charge >= 0.3 is 0 Å². The number of carbonyl (C=O) groups is 3. The molecule has 3 aromatic carbocycles. The third-order valence-corrected chi connectivity index (χ3v) is 8.05. The average Bonchev–Trinajstić information content (AvgIpc) is 2.92. The zero-order valence-electron chi connectivity index (χ0n) is 21.4. The van der Waals surface area contributed by atoms with Crippen molar-refractivity contribution in [3.8, 4) is 28.7 Å². The summed E-state index contributed by atoms with van der Waals surface area (Å²) in [6, 6.07) is 9.64. The number of rotatable bonds is 5. The Morgan fingerprint density at radius 3 is 1.82 bits per heavy atom. The number of ether oxygens (including phenoxy) is 3. The Kier molecular flexibility index (Phi) is 6.06. The van der Waals surface area contributed by atoms with Gasteiger partial charge in [0.05, 0.1) is 32.5 Å². The third kappa shape index (κ3) is 3.53. The number of Topliss-reactive ketones (excluding diaryl/α,β-unsaturated/α-hetero) is 3. The minimum Gasteiger partial charge on any atom is -0.507 e. The molecule has 9 heteroatoms. The second-order valence-corrected chi connectivity index (χ2v) is 9.91. The minimum absolute atomic E-state index is 0.142. The first-order valence-electron chi connectivity index (χ1n) is 12.2. The molecule has 0 amide bonds. The summed E-state index contributed by atoms with van der Waals surface area (Å²) >= 11 is 0. The van der Waals surface area contributed by atoms with E-state index in [0.717, 1.165) is 0 Å². The zero-order chi connectivity index (χ0) is 27.5. The first-order chi connectivity index (χ1) is 18.1. The van der Waals surface area contributed by atoms with E-state index < -0.39 is 46.5 Å². The molecule has 1 fully saturated rings. The van der Waals surface area contributed by atoms with E-state index in [2.05, 4.69) is 0 Å². The van der Waals surface area contributed by atoms with Crippen LogP contribution in [0.2, 0.25) is 0 Å². The third-order valence-electron chi connectivity index (χ3n) is 8.05. The molecule has 0 radical (unpaired) electrons. The van der Waals surface area contributed by atoms with Crippen LogP contribution >= 0.6 is 0 Å². The molecular formula is C29H28O9. The Morgan fingerprint density at radius 1 is 0.842 bits per heavy atom. The van der Waals surface area contributed by atoms with Crippen molar-refractivity contribution < 1.29 is 43.9 Å². The highest BCUT2D eigenvalue weighted by Gasteiger charge is 2.57. The standard InChI is InChI=1S/C29H28O9/c1-13(30)29(35)11-17(14-9-19(36-2)28(38-4)20(10-14)37-3)21-18(12-29)26(33)22-23(27(21)34)25(32)16-8-6-5-7-15(16)24(22)31/h5-10,17-18,21,31-32,35H,11-12H2,1-4H3/t17-,18-,21+,29-/m1/s1. The molecule has 38 heavy (non-hydrogen) atoms. The molecule has 1 saturated carbocycles. The quantitative estimate of drug-likeness (QED) is 0.429. The lowest BCUT2D eigenvalue weighted by Crippen LogP contribution is -2.53. The molecule has 2 aliphatic rings. The maximum atomic E-state index is 14.1. The van der Waals surface area contributed by atoms with Gasteiger partial charge in [-0.25, -0.2) is 0 Å². The van der Waals surface area contributed by atoms with Crippen LogP contribution in [0.1, 0.15) is 52.0 Å². The molecule has 0 unspecified atom stereocenters. The smallest absolute Gasteiger partial charge is 0.203 e. The highest BCUT2D eigenvalue weighted by molar-refractivity contribution is 6.23. The molecule has 0 aliphatic heterocycles. The number of carbonyl (C=O) groups excluding carboxylic acids is 3. The van der Waals surface area contributed by atoms with Crippen molar-refractivity contribution in [2.24, 2.45) is 11.8 Å². The van der Waals surface area contributed by atoms with E-state index in [9.17, 15) is 29.7 Å². The summed E-state index contributed by atoms with van der Waals surface area (Å²) < 4.78 is 16.4. The van der Waals surface area contributed by atoms with E-state index in [4.69, 9.17) is 14.2 Å². The van der Waals surface area contributed by atoms with E-state index in [1.807, 2.05) is 0 Å². The van der Waals surface area contributed by atoms with Gasteiger partial charge in [-0.15, -0.1) is 0 Å². The fraction of sp³-hybridized carbons (Fsp3) is 0.345. The Morgan fingerprint density at radius 2 is 1.34 bits per heavy atom. The topological polar surface area (TPSA) is 140 Å². The average molecular weight is 521 g/mol. The van der Waals surface area contributed by atoms with Crippen LogP contribution in [0.5, 0.6) is 28.7 Å². The van der Waals surface area contributed by atoms with Crippen molar-refractivity contribution in [1.29, 1.82) is 0 Å². The van der Waals surface area contributed by atoms with Gasteiger partial charge in [-0.05, 0) is 43.4 Å². The lowest BCUT2D eigenvalue weighted by Gasteiger charge is -2.46. The summed E-state index contributed by atoms with van der Waals surface area (Å²) in [6.07, 6.45) is -0.429. The number of aliphatic hydroxyl groups is 1. The largest absolute Gasteiger partial charge is 0.507 e. The van der Waals surface area contributed by atoms with Gasteiger partial charge in [0.1, 0.15) is 17.1 Å². The predicted octanol–water partition coefficient (Wildman–Crippen LogP) is 3.79. The van der Waals surface area contributed by atoms with Gasteiger partial charge in [0.15, 0.2) is 28.8 Å². The lowest BCUT2D eigenvalue weighted by atomic mass is 9.56. The summed E-state index contributed by atoms with van der Waals surface area (Å²) in [7, 11) is 4.33. The van der Waals surface area contributed by atoms with E-state index in [1.54, 1.807) is 36.4 Å². The summed E-state index contributed by atoms with van der Waals surface area (Å²) in [5.74, 6) is -4.54. The van der Waals surface area contributed by atoms with Crippen LogP contribution in [0.3, 0.4) is 0 Å². The second kappa shape index (κ2) is 9.02. The highest BCUT2D eigenvalue weighted by Crippen LogP contribution is 2.55. The van der Waals surface area contributed by atoms with E-state index in [-0.39, 0.29) is 40.5 Å². The van der Waals surface area contributed by atoms with Crippen LogP contribution in [0, 0.1) is 11.8 Å². The Balaban J connectivity index is 1.77. The molecule has 2 aliphatic carbocycles. The summed E-state index contributed by atoms with van der Waals surface area (Å²) in [6.45, 7) is 1.24. The number of phenolic OH excluding ortho intramolecular Hbond substituents is 2. The molecule has 4 atom stereocenters. The Labute approximate surface area is 218 Å². The van der Waals surface area contributed by atoms with Crippen LogP contribution in [0.15, 0.2) is 36.4 Å². The van der Waals surface area contributed by atoms with Crippen molar-refractivity contribution in [3.63, 3.8) is 0 Å². The van der Waals surface area contributed by atoms with Crippen molar-refractivity contribution in [2.75, 3.05) is 21.3 Å². The Bertz CT molecular complexity index is 1480. The van der Waals surface area contributed by atoms with Crippen LogP contribution in [0.4, 0.5) is 0 Å². The van der Waals surface area contributed by atoms with Crippen molar-refractivity contribution in [2.45, 2.75) is 31.3 Å². The van der Waals surface area contributed by atoms with Crippen LogP contribution < -0.4 is 14.2 Å². The molecule has 0 aromatic heterocycles. The van der Waals surface area contributed by atoms with Gasteiger partial charge in [-0.3, -0.25) is 14.4 Å². The van der Waals surface area contributed by atoms with E-state index in [1.165, 1.54) is 28.3 Å². The molecule has 0 bridgehead atoms. The number of methoxy groups -OCH3 is 3. The van der Waals surface area contributed by atoms with Gasteiger partial charge in [-0.2, -0.15) is 0 Å². The summed E-state index contributed by atoms with van der Waals surface area (Å²) in [4.78, 5) is 40.7. The molecular weight excluding hydrogens is 492 g/mol. The predicted molar refractivity (Wildman–Crippen MR) is 137 cm³/mol. The molecule has 3 N–H and O–H groups in total. The molecule has 0 spiro atoms. The van der Waals surface area contributed by atoms with E-state index >= 15 is 0 Å². The maximum Gasteiger partial charge on any atom is 0.203 e. The first kappa shape index (κ1) is 25.5. The van der Waals surface area contributed by atoms with Crippen molar-refractivity contribution >= 4 is 28.1 Å². The molecule has 0 saturated heterocycles. The fourth-order valence-corrected chi connectivity index (χ4v) is 6.13. The first-order valence-corrected chi connectivity index (χ1v) is 12.2. The number of ketones is 3. The van der Waals surface area contributed by atoms with Crippen LogP contribution in [-0.2, 0) is 4.79 Å². The van der Waals surface area contributed by atoms with Gasteiger partial charge in [0.25, 0.3) is 0 Å². The number of aromatic hydroxyl groups is 2. The van der Waals surface area contributed by atoms with Crippen LogP contribution in [-0.4, -0.2) is 59.6 Å². The van der Waals surface area contributed by atoms with E-state index in [0.29, 0.717) is 22.8 Å². The molecule has 198 valence electrons. The zero-order valence-corrected chi connectivity index (χ0v) is 21.4. The minimum atomic E-state index is -1.89. The SMILES string of the molecule is COc1cc([C@H]2C[C@](O)(C(C)=O)C[C@H]3C(=O)c4c(c(O)c5ccccc5c4O)C(=O)[C@@H]23)cc(OC)c1OC. The Hall–Kier alpha value is -4.11. The number of hydrogen-bond acceptors (Lipinski definition) is 9. The molecule has 9 nitrogen and oxygen atoms in total. The second-order valence-electron chi connectivity index (χ2n) is 9.91. The number of fused-ring (bicyclic) bond motifs is 3. The summed E-state index contributed by atoms with van der Waals surface area (Å²) in [5, 5.41) is 34.1. The van der Waals surface area contributed by atoms with Gasteiger partial charge in [-0.1, -0.05) is 24.3 Å². The monoisotopic (exact) mass is 520 g/mol. The number of phenols is 2. The molecule has 3 aromatic rings.